The summed E-state index contributed by atoms with van der Waals surface area (Å²) in [5.41, 5.74) is 5.33. The van der Waals surface area contributed by atoms with E-state index in [1.54, 1.807) is 0 Å². The zero-order valence-electron chi connectivity index (χ0n) is 13.7. The van der Waals surface area contributed by atoms with E-state index in [1.807, 2.05) is 0 Å². The molecular weight excluding hydrogens is 252 g/mol. The highest BCUT2D eigenvalue weighted by atomic mass is 16.5. The SMILES string of the molecule is CC1CC(C)C(C(N)=O)C(C2CC(C)(C)OC2(C)C)N1. The van der Waals surface area contributed by atoms with Crippen molar-refractivity contribution in [3.8, 4) is 0 Å². The quantitative estimate of drug-likeness (QED) is 0.815. The Labute approximate surface area is 122 Å². The van der Waals surface area contributed by atoms with Crippen molar-refractivity contribution >= 4 is 5.91 Å². The van der Waals surface area contributed by atoms with E-state index in [0.717, 1.165) is 12.8 Å². The Morgan fingerprint density at radius 2 is 1.85 bits per heavy atom. The Hall–Kier alpha value is -0.610. The standard InChI is InChI=1S/C16H30N2O2/c1-9-7-10(2)18-13(12(9)14(17)19)11-8-15(3,4)20-16(11,5)6/h9-13,18H,7-8H2,1-6H3,(H2,17,19). The van der Waals surface area contributed by atoms with Gasteiger partial charge in [0.25, 0.3) is 0 Å². The van der Waals surface area contributed by atoms with Crippen LogP contribution in [0.4, 0.5) is 0 Å². The normalized spacial score (nSPS) is 43.4. The van der Waals surface area contributed by atoms with Crippen molar-refractivity contribution in [3.63, 3.8) is 0 Å². The van der Waals surface area contributed by atoms with Gasteiger partial charge in [0.2, 0.25) is 5.91 Å². The molecule has 2 aliphatic heterocycles. The number of carbonyl (C=O) groups excluding carboxylic acids is 1. The smallest absolute Gasteiger partial charge is 0.222 e. The number of primary amides is 1. The third-order valence-electron chi connectivity index (χ3n) is 5.11. The van der Waals surface area contributed by atoms with Crippen LogP contribution in [0.15, 0.2) is 0 Å². The Morgan fingerprint density at radius 1 is 1.25 bits per heavy atom. The number of carbonyl (C=O) groups is 1. The molecule has 5 atom stereocenters. The van der Waals surface area contributed by atoms with Gasteiger partial charge in [-0.2, -0.15) is 0 Å². The van der Waals surface area contributed by atoms with Crippen LogP contribution in [0, 0.1) is 17.8 Å². The minimum atomic E-state index is -0.231. The first-order valence-electron chi connectivity index (χ1n) is 7.79. The van der Waals surface area contributed by atoms with Crippen LogP contribution in [-0.2, 0) is 9.53 Å². The highest BCUT2D eigenvalue weighted by molar-refractivity contribution is 5.78. The summed E-state index contributed by atoms with van der Waals surface area (Å²) < 4.78 is 6.21. The molecule has 4 nitrogen and oxygen atoms in total. The number of nitrogens with one attached hydrogen (secondary N) is 1. The maximum Gasteiger partial charge on any atom is 0.222 e. The second-order valence-electron chi connectivity index (χ2n) is 8.01. The first-order valence-corrected chi connectivity index (χ1v) is 7.79. The average molecular weight is 282 g/mol. The van der Waals surface area contributed by atoms with Crippen molar-refractivity contribution in [3.05, 3.63) is 0 Å². The lowest BCUT2D eigenvalue weighted by molar-refractivity contribution is -0.128. The van der Waals surface area contributed by atoms with Crippen LogP contribution in [-0.4, -0.2) is 29.2 Å². The largest absolute Gasteiger partial charge is 0.369 e. The van der Waals surface area contributed by atoms with Gasteiger partial charge in [-0.15, -0.1) is 0 Å². The van der Waals surface area contributed by atoms with Gasteiger partial charge in [-0.05, 0) is 53.4 Å². The van der Waals surface area contributed by atoms with Crippen molar-refractivity contribution in [1.82, 2.24) is 5.32 Å². The van der Waals surface area contributed by atoms with Crippen molar-refractivity contribution in [2.75, 3.05) is 0 Å². The van der Waals surface area contributed by atoms with E-state index in [-0.39, 0.29) is 29.1 Å². The summed E-state index contributed by atoms with van der Waals surface area (Å²) in [5, 5.41) is 3.63. The molecule has 116 valence electrons. The molecule has 0 aliphatic carbocycles. The van der Waals surface area contributed by atoms with E-state index in [4.69, 9.17) is 10.5 Å². The molecule has 0 saturated carbocycles. The summed E-state index contributed by atoms with van der Waals surface area (Å²) in [4.78, 5) is 12.0. The maximum atomic E-state index is 12.0. The molecule has 2 aliphatic rings. The van der Waals surface area contributed by atoms with Crippen molar-refractivity contribution < 1.29 is 9.53 Å². The van der Waals surface area contributed by atoms with E-state index in [2.05, 4.69) is 46.9 Å². The molecule has 2 fully saturated rings. The van der Waals surface area contributed by atoms with Crippen LogP contribution >= 0.6 is 0 Å². The van der Waals surface area contributed by atoms with Gasteiger partial charge in [-0.1, -0.05) is 6.92 Å². The third-order valence-corrected chi connectivity index (χ3v) is 5.11. The summed E-state index contributed by atoms with van der Waals surface area (Å²) in [6, 6.07) is 0.535. The van der Waals surface area contributed by atoms with Crippen LogP contribution in [0.3, 0.4) is 0 Å². The van der Waals surface area contributed by atoms with Crippen molar-refractivity contribution in [2.45, 2.75) is 77.7 Å². The summed E-state index contributed by atoms with van der Waals surface area (Å²) in [6.07, 6.45) is 1.96. The topological polar surface area (TPSA) is 64.4 Å². The summed E-state index contributed by atoms with van der Waals surface area (Å²) in [7, 11) is 0. The van der Waals surface area contributed by atoms with Gasteiger partial charge in [0.15, 0.2) is 0 Å². The van der Waals surface area contributed by atoms with Gasteiger partial charge < -0.3 is 15.8 Å². The second kappa shape index (κ2) is 4.99. The predicted octanol–water partition coefficient (Wildman–Crippen LogP) is 2.07. The lowest BCUT2D eigenvalue weighted by Crippen LogP contribution is -2.59. The monoisotopic (exact) mass is 282 g/mol. The van der Waals surface area contributed by atoms with E-state index in [9.17, 15) is 4.79 Å². The van der Waals surface area contributed by atoms with Gasteiger partial charge in [0, 0.05) is 18.0 Å². The van der Waals surface area contributed by atoms with E-state index in [1.165, 1.54) is 0 Å². The molecule has 0 aromatic carbocycles. The molecule has 2 rings (SSSR count). The predicted molar refractivity (Wildman–Crippen MR) is 80.2 cm³/mol. The molecule has 0 spiro atoms. The van der Waals surface area contributed by atoms with E-state index < -0.39 is 0 Å². The highest BCUT2D eigenvalue weighted by Crippen LogP contribution is 2.47. The van der Waals surface area contributed by atoms with Crippen LogP contribution in [0.5, 0.6) is 0 Å². The Balaban J connectivity index is 2.30. The fraction of sp³-hybridized carbons (Fsp3) is 0.938. The first kappa shape index (κ1) is 15.8. The zero-order valence-corrected chi connectivity index (χ0v) is 13.7. The average Bonchev–Trinajstić information content (AvgIpc) is 2.44. The van der Waals surface area contributed by atoms with Crippen molar-refractivity contribution in [1.29, 1.82) is 0 Å². The van der Waals surface area contributed by atoms with Crippen LogP contribution in [0.25, 0.3) is 0 Å². The van der Waals surface area contributed by atoms with E-state index >= 15 is 0 Å². The third kappa shape index (κ3) is 2.86. The Bertz CT molecular complexity index is 392. The number of amides is 1. The van der Waals surface area contributed by atoms with Gasteiger partial charge in [0.05, 0.1) is 17.1 Å². The fourth-order valence-electron chi connectivity index (χ4n) is 4.55. The Morgan fingerprint density at radius 3 is 2.30 bits per heavy atom. The minimum Gasteiger partial charge on any atom is -0.369 e. The lowest BCUT2D eigenvalue weighted by Gasteiger charge is -2.44. The molecule has 0 bridgehead atoms. The molecule has 0 radical (unpaired) electrons. The molecule has 20 heavy (non-hydrogen) atoms. The molecule has 0 aromatic heterocycles. The van der Waals surface area contributed by atoms with Crippen LogP contribution in [0.1, 0.15) is 54.4 Å². The van der Waals surface area contributed by atoms with Crippen molar-refractivity contribution in [2.24, 2.45) is 23.5 Å². The molecule has 0 aromatic rings. The van der Waals surface area contributed by atoms with E-state index in [0.29, 0.717) is 17.9 Å². The molecule has 2 heterocycles. The molecular formula is C16H30N2O2. The molecule has 4 heteroatoms. The Kier molecular flexibility index (Phi) is 3.93. The number of ether oxygens (including phenoxy) is 1. The summed E-state index contributed by atoms with van der Waals surface area (Å²) in [5.74, 6) is 0.351. The zero-order chi connectivity index (χ0) is 15.3. The van der Waals surface area contributed by atoms with Crippen LogP contribution in [0.2, 0.25) is 0 Å². The first-order chi connectivity index (χ1) is 9.03. The molecule has 5 unspecified atom stereocenters. The molecule has 1 amide bonds. The molecule has 2 saturated heterocycles. The van der Waals surface area contributed by atoms with Gasteiger partial charge in [-0.3, -0.25) is 4.79 Å². The molecule has 3 N–H and O–H groups in total. The highest BCUT2D eigenvalue weighted by Gasteiger charge is 2.53. The van der Waals surface area contributed by atoms with Gasteiger partial charge in [0.1, 0.15) is 0 Å². The van der Waals surface area contributed by atoms with Crippen LogP contribution < -0.4 is 11.1 Å². The fourth-order valence-corrected chi connectivity index (χ4v) is 4.55. The number of hydrogen-bond acceptors (Lipinski definition) is 3. The number of piperidine rings is 1. The van der Waals surface area contributed by atoms with Gasteiger partial charge in [-0.25, -0.2) is 0 Å². The lowest BCUT2D eigenvalue weighted by atomic mass is 9.69. The van der Waals surface area contributed by atoms with Gasteiger partial charge >= 0.3 is 0 Å². The second-order valence-corrected chi connectivity index (χ2v) is 8.01. The number of hydrogen-bond donors (Lipinski definition) is 2. The summed E-state index contributed by atoms with van der Waals surface area (Å²) >= 11 is 0. The number of nitrogens with two attached hydrogens (primary N) is 1. The maximum absolute atomic E-state index is 12.0. The summed E-state index contributed by atoms with van der Waals surface area (Å²) in [6.45, 7) is 12.9. The number of rotatable bonds is 2. The minimum absolute atomic E-state index is 0.104.